The van der Waals surface area contributed by atoms with Gasteiger partial charge in [-0.2, -0.15) is 5.10 Å². The zero-order valence-corrected chi connectivity index (χ0v) is 13.7. The molecule has 0 atom stereocenters. The molecule has 1 aliphatic rings. The van der Waals surface area contributed by atoms with Crippen molar-refractivity contribution < 1.29 is 4.79 Å². The van der Waals surface area contributed by atoms with E-state index in [2.05, 4.69) is 29.2 Å². The number of anilines is 1. The van der Waals surface area contributed by atoms with Crippen molar-refractivity contribution in [3.63, 3.8) is 0 Å². The van der Waals surface area contributed by atoms with Crippen LogP contribution < -0.4 is 5.32 Å². The average molecular weight is 319 g/mol. The summed E-state index contributed by atoms with van der Waals surface area (Å²) in [5.41, 5.74) is 3.27. The van der Waals surface area contributed by atoms with Gasteiger partial charge in [0.05, 0.1) is 11.2 Å². The predicted octanol–water partition coefficient (Wildman–Crippen LogP) is 3.53. The molecule has 0 bridgehead atoms. The van der Waals surface area contributed by atoms with Gasteiger partial charge in [-0.25, -0.2) is 4.98 Å². The molecule has 5 nitrogen and oxygen atoms in total. The van der Waals surface area contributed by atoms with Crippen LogP contribution in [0.1, 0.15) is 32.9 Å². The van der Waals surface area contributed by atoms with Gasteiger partial charge in [-0.15, -0.1) is 0 Å². The van der Waals surface area contributed by atoms with Crippen LogP contribution in [0.25, 0.3) is 11.1 Å². The van der Waals surface area contributed by atoms with Gasteiger partial charge in [-0.3, -0.25) is 9.48 Å². The lowest BCUT2D eigenvalue weighted by Crippen LogP contribution is -2.12. The van der Waals surface area contributed by atoms with Crippen molar-refractivity contribution in [2.45, 2.75) is 40.2 Å². The van der Waals surface area contributed by atoms with E-state index in [1.165, 1.54) is 5.69 Å². The highest BCUT2D eigenvalue weighted by molar-refractivity contribution is 6.33. The summed E-state index contributed by atoms with van der Waals surface area (Å²) >= 11 is 6.32. The van der Waals surface area contributed by atoms with Crippen molar-refractivity contribution >= 4 is 23.3 Å². The zero-order chi connectivity index (χ0) is 15.9. The lowest BCUT2D eigenvalue weighted by Gasteiger charge is -2.14. The van der Waals surface area contributed by atoms with Crippen molar-refractivity contribution in [1.82, 2.24) is 14.8 Å². The van der Waals surface area contributed by atoms with Gasteiger partial charge in [0.2, 0.25) is 5.91 Å². The SMILES string of the molecule is CCC(=O)Nc1cc(-c2cnn3c2CC(C)(C)C3)c(Cl)cn1. The molecule has 1 amide bonds. The second kappa shape index (κ2) is 5.39. The van der Waals surface area contributed by atoms with Crippen LogP contribution in [0.15, 0.2) is 18.5 Å². The number of carbonyl (C=O) groups is 1. The fourth-order valence-electron chi connectivity index (χ4n) is 2.82. The number of aromatic nitrogens is 3. The van der Waals surface area contributed by atoms with Gasteiger partial charge in [0.15, 0.2) is 0 Å². The minimum Gasteiger partial charge on any atom is -0.311 e. The normalized spacial score (nSPS) is 15.6. The molecule has 0 saturated heterocycles. The average Bonchev–Trinajstić information content (AvgIpc) is 2.96. The van der Waals surface area contributed by atoms with E-state index in [0.29, 0.717) is 17.3 Å². The Morgan fingerprint density at radius 2 is 2.18 bits per heavy atom. The Hall–Kier alpha value is -1.88. The zero-order valence-electron chi connectivity index (χ0n) is 13.0. The summed E-state index contributed by atoms with van der Waals surface area (Å²) in [6, 6.07) is 1.82. The monoisotopic (exact) mass is 318 g/mol. The first-order chi connectivity index (χ1) is 10.4. The van der Waals surface area contributed by atoms with Gasteiger partial charge in [0.1, 0.15) is 5.82 Å². The molecule has 0 unspecified atom stereocenters. The van der Waals surface area contributed by atoms with Crippen LogP contribution in [0.5, 0.6) is 0 Å². The first-order valence-electron chi connectivity index (χ1n) is 7.40. The van der Waals surface area contributed by atoms with E-state index in [1.807, 2.05) is 16.9 Å². The Balaban J connectivity index is 1.99. The lowest BCUT2D eigenvalue weighted by atomic mass is 9.89. The third-order valence-electron chi connectivity index (χ3n) is 3.91. The first-order valence-corrected chi connectivity index (χ1v) is 7.78. The summed E-state index contributed by atoms with van der Waals surface area (Å²) in [7, 11) is 0. The van der Waals surface area contributed by atoms with Crippen LogP contribution in [-0.4, -0.2) is 20.7 Å². The molecule has 116 valence electrons. The number of pyridine rings is 1. The molecule has 0 saturated carbocycles. The van der Waals surface area contributed by atoms with Crippen LogP contribution >= 0.6 is 11.6 Å². The van der Waals surface area contributed by atoms with Gasteiger partial charge >= 0.3 is 0 Å². The third kappa shape index (κ3) is 2.73. The number of carbonyl (C=O) groups excluding carboxylic acids is 1. The number of amides is 1. The minimum atomic E-state index is -0.0675. The minimum absolute atomic E-state index is 0.0675. The summed E-state index contributed by atoms with van der Waals surface area (Å²) in [6.07, 6.45) is 4.79. The van der Waals surface area contributed by atoms with Gasteiger partial charge < -0.3 is 5.32 Å². The van der Waals surface area contributed by atoms with E-state index in [-0.39, 0.29) is 11.3 Å². The molecule has 0 aromatic carbocycles. The maximum atomic E-state index is 11.5. The summed E-state index contributed by atoms with van der Waals surface area (Å²) in [5, 5.41) is 7.80. The Morgan fingerprint density at radius 3 is 2.91 bits per heavy atom. The molecule has 1 aliphatic heterocycles. The van der Waals surface area contributed by atoms with Crippen molar-refractivity contribution in [3.8, 4) is 11.1 Å². The summed E-state index contributed by atoms with van der Waals surface area (Å²) in [5.74, 6) is 0.450. The van der Waals surface area contributed by atoms with E-state index < -0.39 is 0 Å². The number of hydrogen-bond acceptors (Lipinski definition) is 3. The maximum absolute atomic E-state index is 11.5. The Labute approximate surface area is 134 Å². The third-order valence-corrected chi connectivity index (χ3v) is 4.21. The molecule has 2 aromatic rings. The van der Waals surface area contributed by atoms with Crippen LogP contribution in [0.3, 0.4) is 0 Å². The molecular weight excluding hydrogens is 300 g/mol. The van der Waals surface area contributed by atoms with E-state index >= 15 is 0 Å². The Kier molecular flexibility index (Phi) is 3.68. The molecule has 22 heavy (non-hydrogen) atoms. The maximum Gasteiger partial charge on any atom is 0.225 e. The Morgan fingerprint density at radius 1 is 1.41 bits per heavy atom. The van der Waals surface area contributed by atoms with Crippen molar-refractivity contribution in [3.05, 3.63) is 29.2 Å². The van der Waals surface area contributed by atoms with Gasteiger partial charge in [-0.05, 0) is 17.9 Å². The van der Waals surface area contributed by atoms with Crippen LogP contribution in [0.4, 0.5) is 5.82 Å². The second-order valence-electron chi connectivity index (χ2n) is 6.45. The summed E-state index contributed by atoms with van der Waals surface area (Å²) in [4.78, 5) is 15.7. The quantitative estimate of drug-likeness (QED) is 0.941. The molecule has 1 N–H and O–H groups in total. The van der Waals surface area contributed by atoms with Crippen LogP contribution in [-0.2, 0) is 17.8 Å². The molecule has 3 heterocycles. The predicted molar refractivity (Wildman–Crippen MR) is 86.9 cm³/mol. The molecule has 0 fully saturated rings. The fraction of sp³-hybridized carbons (Fsp3) is 0.438. The summed E-state index contributed by atoms with van der Waals surface area (Å²) < 4.78 is 2.04. The molecule has 0 radical (unpaired) electrons. The fourth-order valence-corrected chi connectivity index (χ4v) is 3.02. The smallest absolute Gasteiger partial charge is 0.225 e. The van der Waals surface area contributed by atoms with E-state index in [4.69, 9.17) is 11.6 Å². The molecule has 3 rings (SSSR count). The van der Waals surface area contributed by atoms with Gasteiger partial charge in [-0.1, -0.05) is 32.4 Å². The molecule has 6 heteroatoms. The van der Waals surface area contributed by atoms with E-state index in [9.17, 15) is 4.79 Å². The van der Waals surface area contributed by atoms with Crippen molar-refractivity contribution in [2.24, 2.45) is 5.41 Å². The number of fused-ring (bicyclic) bond motifs is 1. The van der Waals surface area contributed by atoms with Crippen LogP contribution in [0.2, 0.25) is 5.02 Å². The number of hydrogen-bond donors (Lipinski definition) is 1. The van der Waals surface area contributed by atoms with E-state index in [0.717, 1.165) is 24.1 Å². The largest absolute Gasteiger partial charge is 0.311 e. The molecule has 2 aromatic heterocycles. The lowest BCUT2D eigenvalue weighted by molar-refractivity contribution is -0.115. The van der Waals surface area contributed by atoms with Gasteiger partial charge in [0, 0.05) is 36.0 Å². The molecule has 0 aliphatic carbocycles. The van der Waals surface area contributed by atoms with Crippen LogP contribution in [0, 0.1) is 5.41 Å². The second-order valence-corrected chi connectivity index (χ2v) is 6.86. The number of nitrogens with zero attached hydrogens (tertiary/aromatic N) is 3. The number of rotatable bonds is 3. The van der Waals surface area contributed by atoms with Crippen molar-refractivity contribution in [2.75, 3.05) is 5.32 Å². The van der Waals surface area contributed by atoms with Gasteiger partial charge in [0.25, 0.3) is 0 Å². The number of halogens is 1. The molecular formula is C16H19ClN4O. The Bertz CT molecular complexity index is 736. The van der Waals surface area contributed by atoms with E-state index in [1.54, 1.807) is 13.1 Å². The topological polar surface area (TPSA) is 59.8 Å². The number of nitrogens with one attached hydrogen (secondary N) is 1. The standard InChI is InChI=1S/C16H19ClN4O/c1-4-15(22)20-14-5-10(12(17)8-18-14)11-7-19-21-9-16(2,3)6-13(11)21/h5,7-8H,4,6,9H2,1-3H3,(H,18,20,22). The first kappa shape index (κ1) is 15.0. The summed E-state index contributed by atoms with van der Waals surface area (Å²) in [6.45, 7) is 7.17. The highest BCUT2D eigenvalue weighted by Gasteiger charge is 2.32. The highest BCUT2D eigenvalue weighted by Crippen LogP contribution is 2.39. The highest BCUT2D eigenvalue weighted by atomic mass is 35.5. The van der Waals surface area contributed by atoms with Crippen molar-refractivity contribution in [1.29, 1.82) is 0 Å². The molecule has 0 spiro atoms.